The molecule has 5 atom stereocenters. The molecule has 0 saturated carbocycles. The van der Waals surface area contributed by atoms with Gasteiger partial charge in [0.05, 0.1) is 25.9 Å². The van der Waals surface area contributed by atoms with E-state index in [1.807, 2.05) is 18.7 Å². The van der Waals surface area contributed by atoms with E-state index in [-0.39, 0.29) is 9.03 Å². The Balaban J connectivity index is 1.74. The topological polar surface area (TPSA) is 91.8 Å². The summed E-state index contributed by atoms with van der Waals surface area (Å²) in [4.78, 5) is 25.2. The number of halogens is 1. The van der Waals surface area contributed by atoms with Crippen molar-refractivity contribution in [2.24, 2.45) is 0 Å². The summed E-state index contributed by atoms with van der Waals surface area (Å²) in [6, 6.07) is 1.15. The third-order valence-corrected chi connectivity index (χ3v) is 5.93. The van der Waals surface area contributed by atoms with Crippen molar-refractivity contribution in [1.82, 2.24) is 9.55 Å². The first-order chi connectivity index (χ1) is 13.6. The van der Waals surface area contributed by atoms with Crippen LogP contribution in [0.4, 0.5) is 4.39 Å². The van der Waals surface area contributed by atoms with Crippen LogP contribution in [-0.4, -0.2) is 59.3 Å². The predicted octanol–water partition coefficient (Wildman–Crippen LogP) is 2.25. The number of alkyl halides is 1. The molecule has 11 heteroatoms. The third-order valence-electron chi connectivity index (χ3n) is 4.09. The van der Waals surface area contributed by atoms with Crippen LogP contribution in [0.15, 0.2) is 21.9 Å². The van der Waals surface area contributed by atoms with Gasteiger partial charge in [0.1, 0.15) is 6.10 Å². The molecule has 5 unspecified atom stereocenters. The lowest BCUT2D eigenvalue weighted by Gasteiger charge is -2.18. The molecule has 0 radical (unpaired) electrons. The standard InChI is InChI=1S/C17H28FN2O6PS/c1-3-10-28-11-9-23-7-8-24-27-26-15-12(4-2)25-16(14(15)18)20-6-5-13(21)19-17(20)22/h5-6,12,14-16,27H,3-4,7-11H2,1-2H3,(H,19,21,22). The molecule has 2 rings (SSSR count). The number of hydrogen-bond donors (Lipinski definition) is 1. The number of nitrogens with zero attached hydrogens (tertiary/aromatic N) is 1. The second-order valence-electron chi connectivity index (χ2n) is 6.17. The minimum Gasteiger partial charge on any atom is -0.378 e. The summed E-state index contributed by atoms with van der Waals surface area (Å²) in [7, 11) is -0.354. The van der Waals surface area contributed by atoms with Gasteiger partial charge in [0.2, 0.25) is 0 Å². The summed E-state index contributed by atoms with van der Waals surface area (Å²) in [5.74, 6) is 2.09. The van der Waals surface area contributed by atoms with Crippen molar-refractivity contribution in [3.8, 4) is 0 Å². The van der Waals surface area contributed by atoms with Gasteiger partial charge in [-0.1, -0.05) is 13.8 Å². The van der Waals surface area contributed by atoms with Gasteiger partial charge >= 0.3 is 5.69 Å². The molecule has 1 N–H and O–H groups in total. The second kappa shape index (κ2) is 12.7. The first-order valence-electron chi connectivity index (χ1n) is 9.37. The Morgan fingerprint density at radius 1 is 1.29 bits per heavy atom. The van der Waals surface area contributed by atoms with Gasteiger partial charge in [-0.3, -0.25) is 14.3 Å². The molecule has 0 aromatic carbocycles. The summed E-state index contributed by atoms with van der Waals surface area (Å²) in [5, 5.41) is 0. The quantitative estimate of drug-likeness (QED) is 0.373. The largest absolute Gasteiger partial charge is 0.378 e. The Morgan fingerprint density at radius 2 is 2.11 bits per heavy atom. The maximum atomic E-state index is 14.9. The number of nitrogens with one attached hydrogen (secondary N) is 1. The van der Waals surface area contributed by atoms with Crippen LogP contribution in [0.2, 0.25) is 0 Å². The minimum absolute atomic E-state index is 0.354. The van der Waals surface area contributed by atoms with Crippen molar-refractivity contribution in [2.75, 3.05) is 31.3 Å². The predicted molar refractivity (Wildman–Crippen MR) is 108 cm³/mol. The molecule has 1 aliphatic rings. The molecule has 0 amide bonds. The highest BCUT2D eigenvalue weighted by Gasteiger charge is 2.46. The Kier molecular flexibility index (Phi) is 10.7. The zero-order valence-corrected chi connectivity index (χ0v) is 17.9. The van der Waals surface area contributed by atoms with Gasteiger partial charge in [0.15, 0.2) is 21.4 Å². The second-order valence-corrected chi connectivity index (χ2v) is 8.09. The summed E-state index contributed by atoms with van der Waals surface area (Å²) in [6.07, 6.45) is -1.17. The first kappa shape index (κ1) is 23.5. The number of hydrogen-bond acceptors (Lipinski definition) is 7. The molecule has 0 aliphatic carbocycles. The van der Waals surface area contributed by atoms with Crippen LogP contribution in [0.3, 0.4) is 0 Å². The number of ether oxygens (including phenoxy) is 2. The molecule has 1 aromatic rings. The maximum absolute atomic E-state index is 14.9. The summed E-state index contributed by atoms with van der Waals surface area (Å²) >= 11 is 1.85. The van der Waals surface area contributed by atoms with E-state index in [0.29, 0.717) is 26.2 Å². The highest BCUT2D eigenvalue weighted by atomic mass is 32.2. The highest BCUT2D eigenvalue weighted by molar-refractivity contribution is 7.99. The third kappa shape index (κ3) is 6.93. The average molecular weight is 438 g/mol. The van der Waals surface area contributed by atoms with Crippen LogP contribution >= 0.6 is 20.8 Å². The van der Waals surface area contributed by atoms with Crippen LogP contribution in [0.1, 0.15) is 32.9 Å². The minimum atomic E-state index is -1.56. The molecule has 8 nitrogen and oxygen atoms in total. The molecule has 1 fully saturated rings. The number of rotatable bonds is 13. The highest BCUT2D eigenvalue weighted by Crippen LogP contribution is 2.37. The summed E-state index contributed by atoms with van der Waals surface area (Å²) in [6.45, 7) is 5.48. The van der Waals surface area contributed by atoms with E-state index in [1.165, 1.54) is 6.20 Å². The fourth-order valence-electron chi connectivity index (χ4n) is 2.71. The number of aromatic amines is 1. The first-order valence-corrected chi connectivity index (χ1v) is 11.3. The van der Waals surface area contributed by atoms with Gasteiger partial charge in [-0.25, -0.2) is 9.18 Å². The Labute approximate surface area is 169 Å². The molecule has 160 valence electrons. The van der Waals surface area contributed by atoms with Gasteiger partial charge in [0.25, 0.3) is 5.56 Å². The molecule has 1 aliphatic heterocycles. The fraction of sp³-hybridized carbons (Fsp3) is 0.765. The fourth-order valence-corrected chi connectivity index (χ4v) is 4.07. The van der Waals surface area contributed by atoms with Crippen molar-refractivity contribution in [2.45, 2.75) is 51.3 Å². The Bertz CT molecular complexity index is 690. The van der Waals surface area contributed by atoms with Crippen molar-refractivity contribution in [3.05, 3.63) is 33.1 Å². The van der Waals surface area contributed by atoms with Crippen molar-refractivity contribution < 1.29 is 22.9 Å². The molecular formula is C17H28FN2O6PS. The zero-order valence-electron chi connectivity index (χ0n) is 16.1. The maximum Gasteiger partial charge on any atom is 0.330 e. The van der Waals surface area contributed by atoms with Crippen molar-refractivity contribution in [3.63, 3.8) is 0 Å². The van der Waals surface area contributed by atoms with Gasteiger partial charge in [-0.2, -0.15) is 11.8 Å². The van der Waals surface area contributed by atoms with Crippen LogP contribution < -0.4 is 11.2 Å². The van der Waals surface area contributed by atoms with Crippen LogP contribution in [0.25, 0.3) is 0 Å². The molecule has 1 aromatic heterocycles. The molecular weight excluding hydrogens is 410 g/mol. The molecule has 0 spiro atoms. The van der Waals surface area contributed by atoms with Crippen LogP contribution in [-0.2, 0) is 18.5 Å². The molecule has 1 saturated heterocycles. The average Bonchev–Trinajstić information content (AvgIpc) is 2.99. The lowest BCUT2D eigenvalue weighted by molar-refractivity contribution is -0.0265. The van der Waals surface area contributed by atoms with E-state index < -0.39 is 35.9 Å². The number of H-pyrrole nitrogens is 1. The van der Waals surface area contributed by atoms with Gasteiger partial charge < -0.3 is 18.5 Å². The monoisotopic (exact) mass is 438 g/mol. The van der Waals surface area contributed by atoms with E-state index >= 15 is 0 Å². The van der Waals surface area contributed by atoms with Gasteiger partial charge in [0, 0.05) is 18.0 Å². The molecule has 0 bridgehead atoms. The number of aromatic nitrogens is 2. The molecule has 28 heavy (non-hydrogen) atoms. The lowest BCUT2D eigenvalue weighted by atomic mass is 10.1. The smallest absolute Gasteiger partial charge is 0.330 e. The van der Waals surface area contributed by atoms with E-state index in [4.69, 9.17) is 18.5 Å². The van der Waals surface area contributed by atoms with Gasteiger partial charge in [-0.05, 0) is 18.6 Å². The van der Waals surface area contributed by atoms with Crippen LogP contribution in [0.5, 0.6) is 0 Å². The van der Waals surface area contributed by atoms with Crippen molar-refractivity contribution in [1.29, 1.82) is 0 Å². The SMILES string of the molecule is CCCSCCOCCOPOC1C(CC)OC(n2ccc(=O)[nH]c2=O)C1F. The normalized spacial score (nSPS) is 25.1. The number of thioether (sulfide) groups is 1. The van der Waals surface area contributed by atoms with Crippen LogP contribution in [0, 0.1) is 0 Å². The van der Waals surface area contributed by atoms with E-state index in [9.17, 15) is 14.0 Å². The summed E-state index contributed by atoms with van der Waals surface area (Å²) < 4.78 is 37.9. The lowest BCUT2D eigenvalue weighted by Crippen LogP contribution is -2.35. The van der Waals surface area contributed by atoms with E-state index in [0.717, 1.165) is 28.6 Å². The Morgan fingerprint density at radius 3 is 2.82 bits per heavy atom. The molecule has 2 heterocycles. The zero-order chi connectivity index (χ0) is 20.4. The summed E-state index contributed by atoms with van der Waals surface area (Å²) in [5.41, 5.74) is -1.26. The van der Waals surface area contributed by atoms with Crippen molar-refractivity contribution >= 4 is 20.8 Å². The van der Waals surface area contributed by atoms with E-state index in [1.54, 1.807) is 0 Å². The van der Waals surface area contributed by atoms with E-state index in [2.05, 4.69) is 11.9 Å². The Hall–Kier alpha value is -0.770. The van der Waals surface area contributed by atoms with Gasteiger partial charge in [-0.15, -0.1) is 0 Å².